The molecule has 2 nitrogen and oxygen atoms in total. The van der Waals surface area contributed by atoms with Crippen LogP contribution in [0.15, 0.2) is 0 Å². The molecule has 2 fully saturated rings. The van der Waals surface area contributed by atoms with Crippen molar-refractivity contribution in [2.45, 2.75) is 51.0 Å². The Labute approximate surface area is 108 Å². The highest BCUT2D eigenvalue weighted by Crippen LogP contribution is 2.44. The van der Waals surface area contributed by atoms with Crippen LogP contribution in [0.2, 0.25) is 0 Å². The highest BCUT2D eigenvalue weighted by atomic mass is 79.9. The second-order valence-electron chi connectivity index (χ2n) is 5.67. The number of hydrogen-bond acceptors (Lipinski definition) is 2. The fourth-order valence-electron chi connectivity index (χ4n) is 3.36. The Balaban J connectivity index is 1.77. The van der Waals surface area contributed by atoms with Crippen LogP contribution in [-0.2, 0) is 0 Å². The van der Waals surface area contributed by atoms with Crippen molar-refractivity contribution in [2.75, 3.05) is 25.0 Å². The van der Waals surface area contributed by atoms with E-state index in [9.17, 15) is 5.11 Å². The van der Waals surface area contributed by atoms with E-state index in [4.69, 9.17) is 0 Å². The van der Waals surface area contributed by atoms with Crippen LogP contribution in [0.25, 0.3) is 0 Å². The zero-order chi connectivity index (χ0) is 11.4. The van der Waals surface area contributed by atoms with E-state index in [-0.39, 0.29) is 6.10 Å². The number of aliphatic hydroxyl groups excluding tert-OH is 1. The van der Waals surface area contributed by atoms with E-state index >= 15 is 0 Å². The molecule has 0 bridgehead atoms. The monoisotopic (exact) mass is 289 g/mol. The van der Waals surface area contributed by atoms with E-state index in [0.29, 0.717) is 10.7 Å². The van der Waals surface area contributed by atoms with Crippen molar-refractivity contribution in [3.05, 3.63) is 0 Å². The summed E-state index contributed by atoms with van der Waals surface area (Å²) in [5.41, 5.74) is 0.689. The quantitative estimate of drug-likeness (QED) is 0.808. The Morgan fingerprint density at radius 3 is 2.25 bits per heavy atom. The minimum Gasteiger partial charge on any atom is -0.391 e. The summed E-state index contributed by atoms with van der Waals surface area (Å²) in [5, 5.41) is 10.3. The molecule has 1 heterocycles. The first-order chi connectivity index (χ1) is 7.74. The second kappa shape index (κ2) is 5.83. The molecule has 1 aliphatic carbocycles. The SMILES string of the molecule is OC(CBr)CN1CCC2(CCCCC2)CC1. The normalized spacial score (nSPS) is 28.1. The van der Waals surface area contributed by atoms with Crippen LogP contribution >= 0.6 is 15.9 Å². The third-order valence-electron chi connectivity index (χ3n) is 4.48. The van der Waals surface area contributed by atoms with E-state index in [2.05, 4.69) is 20.8 Å². The molecule has 0 amide bonds. The molecular formula is C13H24BrNO. The number of hydrogen-bond donors (Lipinski definition) is 1. The number of rotatable bonds is 3. The lowest BCUT2D eigenvalue weighted by Crippen LogP contribution is -2.44. The van der Waals surface area contributed by atoms with E-state index in [0.717, 1.165) is 6.54 Å². The van der Waals surface area contributed by atoms with E-state index in [1.807, 2.05) is 0 Å². The van der Waals surface area contributed by atoms with Gasteiger partial charge < -0.3 is 10.0 Å². The highest BCUT2D eigenvalue weighted by Gasteiger charge is 2.35. The first-order valence-corrected chi connectivity index (χ1v) is 7.83. The lowest BCUT2D eigenvalue weighted by Gasteiger charge is -2.44. The van der Waals surface area contributed by atoms with Gasteiger partial charge in [-0.2, -0.15) is 0 Å². The lowest BCUT2D eigenvalue weighted by atomic mass is 9.68. The van der Waals surface area contributed by atoms with Crippen LogP contribution in [0, 0.1) is 5.41 Å². The fraction of sp³-hybridized carbons (Fsp3) is 1.00. The summed E-state index contributed by atoms with van der Waals surface area (Å²) >= 11 is 3.34. The first-order valence-electron chi connectivity index (χ1n) is 6.70. The lowest BCUT2D eigenvalue weighted by molar-refractivity contribution is 0.0440. The number of piperidine rings is 1. The Kier molecular flexibility index (Phi) is 4.68. The van der Waals surface area contributed by atoms with Crippen molar-refractivity contribution >= 4 is 15.9 Å². The Bertz CT molecular complexity index is 206. The molecule has 3 heteroatoms. The molecule has 0 aromatic rings. The van der Waals surface area contributed by atoms with Crippen molar-refractivity contribution < 1.29 is 5.11 Å². The summed E-state index contributed by atoms with van der Waals surface area (Å²) in [7, 11) is 0. The minimum absolute atomic E-state index is 0.194. The molecule has 0 aromatic heterocycles. The molecule has 94 valence electrons. The Morgan fingerprint density at radius 2 is 1.69 bits per heavy atom. The molecule has 16 heavy (non-hydrogen) atoms. The van der Waals surface area contributed by atoms with Gasteiger partial charge in [0, 0.05) is 11.9 Å². The zero-order valence-electron chi connectivity index (χ0n) is 10.1. The third kappa shape index (κ3) is 3.21. The Hall–Kier alpha value is 0.400. The van der Waals surface area contributed by atoms with Gasteiger partial charge in [-0.15, -0.1) is 0 Å². The van der Waals surface area contributed by atoms with Gasteiger partial charge in [0.15, 0.2) is 0 Å². The number of halogens is 1. The number of alkyl halides is 1. The van der Waals surface area contributed by atoms with Gasteiger partial charge in [0.05, 0.1) is 6.10 Å². The average Bonchev–Trinajstić information content (AvgIpc) is 2.33. The molecular weight excluding hydrogens is 266 g/mol. The van der Waals surface area contributed by atoms with Gasteiger partial charge in [-0.3, -0.25) is 0 Å². The topological polar surface area (TPSA) is 23.5 Å². The average molecular weight is 290 g/mol. The molecule has 1 saturated carbocycles. The maximum absolute atomic E-state index is 9.62. The van der Waals surface area contributed by atoms with Gasteiger partial charge in [0.25, 0.3) is 0 Å². The van der Waals surface area contributed by atoms with Gasteiger partial charge in [0.2, 0.25) is 0 Å². The van der Waals surface area contributed by atoms with Crippen molar-refractivity contribution in [3.63, 3.8) is 0 Å². The van der Waals surface area contributed by atoms with E-state index < -0.39 is 0 Å². The molecule has 1 spiro atoms. The minimum atomic E-state index is -0.194. The second-order valence-corrected chi connectivity index (χ2v) is 6.32. The number of nitrogens with zero attached hydrogens (tertiary/aromatic N) is 1. The molecule has 1 atom stereocenters. The van der Waals surface area contributed by atoms with Crippen molar-refractivity contribution in [1.29, 1.82) is 0 Å². The molecule has 0 radical (unpaired) electrons. The van der Waals surface area contributed by atoms with Gasteiger partial charge in [-0.25, -0.2) is 0 Å². The van der Waals surface area contributed by atoms with E-state index in [1.165, 1.54) is 58.0 Å². The summed E-state index contributed by atoms with van der Waals surface area (Å²) in [6, 6.07) is 0. The smallest absolute Gasteiger partial charge is 0.0763 e. The van der Waals surface area contributed by atoms with Crippen LogP contribution in [0.4, 0.5) is 0 Å². The van der Waals surface area contributed by atoms with Crippen LogP contribution in [-0.4, -0.2) is 41.1 Å². The van der Waals surface area contributed by atoms with E-state index in [1.54, 1.807) is 0 Å². The molecule has 2 aliphatic rings. The number of likely N-dealkylation sites (tertiary alicyclic amines) is 1. The Morgan fingerprint density at radius 1 is 1.06 bits per heavy atom. The summed E-state index contributed by atoms with van der Waals surface area (Å²) in [6.07, 6.45) is 9.80. The highest BCUT2D eigenvalue weighted by molar-refractivity contribution is 9.09. The van der Waals surface area contributed by atoms with Gasteiger partial charge in [-0.05, 0) is 44.2 Å². The predicted molar refractivity (Wildman–Crippen MR) is 71.0 cm³/mol. The first kappa shape index (κ1) is 12.8. The zero-order valence-corrected chi connectivity index (χ0v) is 11.7. The van der Waals surface area contributed by atoms with Crippen molar-refractivity contribution in [2.24, 2.45) is 5.41 Å². The van der Waals surface area contributed by atoms with Crippen LogP contribution in [0.1, 0.15) is 44.9 Å². The predicted octanol–water partition coefficient (Wildman–Crippen LogP) is 2.79. The van der Waals surface area contributed by atoms with Gasteiger partial charge in [0.1, 0.15) is 0 Å². The summed E-state index contributed by atoms with van der Waals surface area (Å²) in [4.78, 5) is 2.44. The summed E-state index contributed by atoms with van der Waals surface area (Å²) in [5.74, 6) is 0. The number of aliphatic hydroxyl groups is 1. The summed E-state index contributed by atoms with van der Waals surface area (Å²) in [6.45, 7) is 3.25. The fourth-order valence-corrected chi connectivity index (χ4v) is 3.56. The molecule has 0 aromatic carbocycles. The maximum atomic E-state index is 9.62. The molecule has 1 saturated heterocycles. The third-order valence-corrected chi connectivity index (χ3v) is 5.23. The van der Waals surface area contributed by atoms with Crippen LogP contribution in [0.5, 0.6) is 0 Å². The standard InChI is InChI=1S/C13H24BrNO/c14-10-12(16)11-15-8-6-13(7-9-15)4-2-1-3-5-13/h12,16H,1-11H2. The molecule has 1 aliphatic heterocycles. The summed E-state index contributed by atoms with van der Waals surface area (Å²) < 4.78 is 0. The van der Waals surface area contributed by atoms with Crippen molar-refractivity contribution in [1.82, 2.24) is 4.90 Å². The maximum Gasteiger partial charge on any atom is 0.0763 e. The van der Waals surface area contributed by atoms with Gasteiger partial charge in [-0.1, -0.05) is 35.2 Å². The molecule has 1 unspecified atom stereocenters. The van der Waals surface area contributed by atoms with Crippen LogP contribution in [0.3, 0.4) is 0 Å². The number of β-amino-alcohol motifs (C(OH)–C–C–N with tert-alkyl or cyclic N) is 1. The van der Waals surface area contributed by atoms with Gasteiger partial charge >= 0.3 is 0 Å². The van der Waals surface area contributed by atoms with Crippen molar-refractivity contribution in [3.8, 4) is 0 Å². The largest absolute Gasteiger partial charge is 0.391 e. The molecule has 1 N–H and O–H groups in total. The molecule has 2 rings (SSSR count). The van der Waals surface area contributed by atoms with Crippen LogP contribution < -0.4 is 0 Å².